The van der Waals surface area contributed by atoms with Crippen molar-refractivity contribution in [3.63, 3.8) is 0 Å². The van der Waals surface area contributed by atoms with Crippen LogP contribution >= 0.6 is 11.6 Å². The van der Waals surface area contributed by atoms with E-state index >= 15 is 0 Å². The average Bonchev–Trinajstić information content (AvgIpc) is 3.10. The molecule has 2 aromatic rings. The van der Waals surface area contributed by atoms with Crippen molar-refractivity contribution in [2.45, 2.75) is 25.8 Å². The number of hydrogen-bond donors (Lipinski definition) is 2. The third-order valence-corrected chi connectivity index (χ3v) is 3.54. The molecule has 2 aromatic heterocycles. The third kappa shape index (κ3) is 2.98. The Hall–Kier alpha value is -1.89. The standard InChI is InChI=1S/C12H15ClN6O/c13-9-5-17-19(6-8-1-2-8)12(20)11(9)14-4-3-10-15-7-16-18-10/h5,7-8,14H,1-4,6H2,(H,15,16,18). The predicted octanol–water partition coefficient (Wildman–Crippen LogP) is 1.08. The average molecular weight is 295 g/mol. The van der Waals surface area contributed by atoms with E-state index in [0.717, 1.165) is 5.82 Å². The maximum absolute atomic E-state index is 12.3. The summed E-state index contributed by atoms with van der Waals surface area (Å²) < 4.78 is 1.49. The minimum Gasteiger partial charge on any atom is -0.379 e. The van der Waals surface area contributed by atoms with E-state index in [0.29, 0.717) is 36.1 Å². The van der Waals surface area contributed by atoms with Gasteiger partial charge in [-0.05, 0) is 18.8 Å². The molecule has 0 spiro atoms. The molecule has 3 rings (SSSR count). The quantitative estimate of drug-likeness (QED) is 0.832. The van der Waals surface area contributed by atoms with Crippen molar-refractivity contribution in [1.29, 1.82) is 0 Å². The molecule has 20 heavy (non-hydrogen) atoms. The molecule has 0 aliphatic heterocycles. The summed E-state index contributed by atoms with van der Waals surface area (Å²) in [4.78, 5) is 16.3. The van der Waals surface area contributed by atoms with Gasteiger partial charge in [0.1, 0.15) is 17.8 Å². The van der Waals surface area contributed by atoms with Crippen LogP contribution in [0.2, 0.25) is 5.02 Å². The molecule has 0 radical (unpaired) electrons. The van der Waals surface area contributed by atoms with Gasteiger partial charge in [0.05, 0.1) is 11.2 Å². The first-order valence-electron chi connectivity index (χ1n) is 6.58. The van der Waals surface area contributed by atoms with Gasteiger partial charge in [0.15, 0.2) is 0 Å². The summed E-state index contributed by atoms with van der Waals surface area (Å²) in [5, 5.41) is 14.0. The second-order valence-electron chi connectivity index (χ2n) is 4.91. The van der Waals surface area contributed by atoms with E-state index in [1.165, 1.54) is 30.0 Å². The molecule has 2 N–H and O–H groups in total. The number of nitrogens with one attached hydrogen (secondary N) is 2. The lowest BCUT2D eigenvalue weighted by Crippen LogP contribution is -2.27. The van der Waals surface area contributed by atoms with Crippen molar-refractivity contribution in [3.05, 3.63) is 33.7 Å². The summed E-state index contributed by atoms with van der Waals surface area (Å²) in [7, 11) is 0. The van der Waals surface area contributed by atoms with E-state index in [9.17, 15) is 4.79 Å². The number of halogens is 1. The first-order valence-corrected chi connectivity index (χ1v) is 6.95. The van der Waals surface area contributed by atoms with Crippen LogP contribution in [0.1, 0.15) is 18.7 Å². The van der Waals surface area contributed by atoms with Crippen LogP contribution in [0, 0.1) is 5.92 Å². The number of anilines is 1. The highest BCUT2D eigenvalue weighted by Gasteiger charge is 2.23. The highest BCUT2D eigenvalue weighted by Crippen LogP contribution is 2.30. The molecule has 7 nitrogen and oxygen atoms in total. The number of nitrogens with zero attached hydrogens (tertiary/aromatic N) is 4. The summed E-state index contributed by atoms with van der Waals surface area (Å²) in [6.45, 7) is 1.23. The van der Waals surface area contributed by atoms with Crippen molar-refractivity contribution in [2.24, 2.45) is 5.92 Å². The summed E-state index contributed by atoms with van der Waals surface area (Å²) >= 11 is 6.04. The summed E-state index contributed by atoms with van der Waals surface area (Å²) in [5.41, 5.74) is 0.240. The first kappa shape index (κ1) is 13.1. The Bertz CT molecular complexity index is 634. The zero-order chi connectivity index (χ0) is 13.9. The molecule has 0 bridgehead atoms. The zero-order valence-corrected chi connectivity index (χ0v) is 11.6. The summed E-state index contributed by atoms with van der Waals surface area (Å²) in [6.07, 6.45) is 5.95. The molecule has 0 saturated heterocycles. The monoisotopic (exact) mass is 294 g/mol. The van der Waals surface area contributed by atoms with E-state index in [2.05, 4.69) is 25.6 Å². The number of H-pyrrole nitrogens is 1. The number of rotatable bonds is 6. The normalized spacial score (nSPS) is 14.4. The van der Waals surface area contributed by atoms with Gasteiger partial charge < -0.3 is 5.32 Å². The number of aromatic nitrogens is 5. The molecule has 0 aromatic carbocycles. The van der Waals surface area contributed by atoms with E-state index in [1.54, 1.807) is 0 Å². The molecule has 0 amide bonds. The predicted molar refractivity (Wildman–Crippen MR) is 74.8 cm³/mol. The number of hydrogen-bond acceptors (Lipinski definition) is 5. The fourth-order valence-corrected chi connectivity index (χ4v) is 2.15. The van der Waals surface area contributed by atoms with Crippen LogP contribution < -0.4 is 10.9 Å². The van der Waals surface area contributed by atoms with Crippen molar-refractivity contribution < 1.29 is 0 Å². The second kappa shape index (κ2) is 5.62. The fourth-order valence-electron chi connectivity index (χ4n) is 1.96. The van der Waals surface area contributed by atoms with Gasteiger partial charge in [-0.25, -0.2) is 9.67 Å². The van der Waals surface area contributed by atoms with Crippen molar-refractivity contribution in [3.8, 4) is 0 Å². The topological polar surface area (TPSA) is 88.5 Å². The highest BCUT2D eigenvalue weighted by atomic mass is 35.5. The Morgan fingerprint density at radius 1 is 1.50 bits per heavy atom. The minimum atomic E-state index is -0.165. The third-order valence-electron chi connectivity index (χ3n) is 3.25. The minimum absolute atomic E-state index is 0.165. The van der Waals surface area contributed by atoms with Crippen LogP contribution in [-0.4, -0.2) is 31.5 Å². The molecule has 0 atom stereocenters. The largest absolute Gasteiger partial charge is 0.379 e. The lowest BCUT2D eigenvalue weighted by atomic mass is 10.3. The van der Waals surface area contributed by atoms with Crippen molar-refractivity contribution >= 4 is 17.3 Å². The Balaban J connectivity index is 1.69. The van der Waals surface area contributed by atoms with Crippen LogP contribution in [0.5, 0.6) is 0 Å². The van der Waals surface area contributed by atoms with Gasteiger partial charge in [-0.3, -0.25) is 9.89 Å². The Kier molecular flexibility index (Phi) is 3.68. The highest BCUT2D eigenvalue weighted by molar-refractivity contribution is 6.32. The molecule has 1 fully saturated rings. The Morgan fingerprint density at radius 3 is 3.05 bits per heavy atom. The molecule has 1 aliphatic rings. The number of aromatic amines is 1. The first-order chi connectivity index (χ1) is 9.74. The van der Waals surface area contributed by atoms with Gasteiger partial charge in [0.25, 0.3) is 5.56 Å². The van der Waals surface area contributed by atoms with E-state index in [4.69, 9.17) is 11.6 Å². The van der Waals surface area contributed by atoms with Gasteiger partial charge in [-0.1, -0.05) is 11.6 Å². The molecular formula is C12H15ClN6O. The maximum atomic E-state index is 12.3. The van der Waals surface area contributed by atoms with Gasteiger partial charge >= 0.3 is 0 Å². The molecule has 1 saturated carbocycles. The smallest absolute Gasteiger partial charge is 0.291 e. The maximum Gasteiger partial charge on any atom is 0.291 e. The molecule has 2 heterocycles. The van der Waals surface area contributed by atoms with E-state index in [-0.39, 0.29) is 5.56 Å². The summed E-state index contributed by atoms with van der Waals surface area (Å²) in [6, 6.07) is 0. The second-order valence-corrected chi connectivity index (χ2v) is 5.31. The molecule has 106 valence electrons. The molecular weight excluding hydrogens is 280 g/mol. The lowest BCUT2D eigenvalue weighted by molar-refractivity contribution is 0.534. The van der Waals surface area contributed by atoms with Crippen LogP contribution in [-0.2, 0) is 13.0 Å². The molecule has 8 heteroatoms. The van der Waals surface area contributed by atoms with Crippen molar-refractivity contribution in [2.75, 3.05) is 11.9 Å². The van der Waals surface area contributed by atoms with Gasteiger partial charge in [0.2, 0.25) is 0 Å². The van der Waals surface area contributed by atoms with Gasteiger partial charge in [-0.15, -0.1) is 0 Å². The SMILES string of the molecule is O=c1c(NCCc2ncn[nH]2)c(Cl)cnn1CC1CC1. The van der Waals surface area contributed by atoms with Crippen LogP contribution in [0.25, 0.3) is 0 Å². The van der Waals surface area contributed by atoms with Crippen LogP contribution in [0.3, 0.4) is 0 Å². The van der Waals surface area contributed by atoms with E-state index in [1.807, 2.05) is 0 Å². The summed E-state index contributed by atoms with van der Waals surface area (Å²) in [5.74, 6) is 1.35. The van der Waals surface area contributed by atoms with Crippen molar-refractivity contribution in [1.82, 2.24) is 25.0 Å². The van der Waals surface area contributed by atoms with Crippen LogP contribution in [0.15, 0.2) is 17.3 Å². The Labute approximate surface area is 120 Å². The van der Waals surface area contributed by atoms with Gasteiger partial charge in [0, 0.05) is 19.5 Å². The zero-order valence-electron chi connectivity index (χ0n) is 10.8. The van der Waals surface area contributed by atoms with Gasteiger partial charge in [-0.2, -0.15) is 10.2 Å². The fraction of sp³-hybridized carbons (Fsp3) is 0.500. The Morgan fingerprint density at radius 2 is 2.35 bits per heavy atom. The van der Waals surface area contributed by atoms with Crippen LogP contribution in [0.4, 0.5) is 5.69 Å². The van der Waals surface area contributed by atoms with E-state index < -0.39 is 0 Å². The molecule has 1 aliphatic carbocycles. The lowest BCUT2D eigenvalue weighted by Gasteiger charge is -2.09. The molecule has 0 unspecified atom stereocenters.